The van der Waals surface area contributed by atoms with Gasteiger partial charge in [-0.05, 0) is 6.92 Å². The van der Waals surface area contributed by atoms with Gasteiger partial charge in [-0.1, -0.05) is 11.3 Å². The number of ether oxygens (including phenoxy) is 1. The maximum absolute atomic E-state index is 10.2. The van der Waals surface area contributed by atoms with Crippen LogP contribution in [0, 0.1) is 0 Å². The molecule has 2 heterocycles. The molecule has 2 rings (SSSR count). The molecule has 5 nitrogen and oxygen atoms in total. The summed E-state index contributed by atoms with van der Waals surface area (Å²) in [4.78, 5) is 4.06. The molecule has 0 radical (unpaired) electrons. The third-order valence-corrected chi connectivity index (χ3v) is 3.51. The van der Waals surface area contributed by atoms with Crippen molar-refractivity contribution >= 4 is 21.5 Å². The van der Waals surface area contributed by atoms with E-state index in [1.165, 1.54) is 11.3 Å². The smallest absolute Gasteiger partial charge is 0.184 e. The molecule has 0 spiro atoms. The highest BCUT2D eigenvalue weighted by atomic mass is 32.1. The summed E-state index contributed by atoms with van der Waals surface area (Å²) in [6.07, 6.45) is 2.12. The average molecular weight is 229 g/mol. The first-order chi connectivity index (χ1) is 7.10. The van der Waals surface area contributed by atoms with E-state index >= 15 is 0 Å². The zero-order valence-electron chi connectivity index (χ0n) is 8.56. The molecule has 1 saturated heterocycles. The molecule has 4 N–H and O–H groups in total. The minimum absolute atomic E-state index is 0.137. The number of anilines is 2. The van der Waals surface area contributed by atoms with Crippen LogP contribution in [0.4, 0.5) is 10.1 Å². The highest BCUT2D eigenvalue weighted by molar-refractivity contribution is 7.19. The Hall–Kier alpha value is -0.850. The van der Waals surface area contributed by atoms with Gasteiger partial charge < -0.3 is 20.9 Å². The summed E-state index contributed by atoms with van der Waals surface area (Å²) < 4.78 is 5.33. The van der Waals surface area contributed by atoms with Gasteiger partial charge in [0, 0.05) is 19.6 Å². The maximum Gasteiger partial charge on any atom is 0.184 e. The summed E-state index contributed by atoms with van der Waals surface area (Å²) in [6, 6.07) is 0. The summed E-state index contributed by atoms with van der Waals surface area (Å²) in [5, 5.41) is 14.7. The van der Waals surface area contributed by atoms with E-state index < -0.39 is 5.60 Å². The largest absolute Gasteiger partial charge is 0.389 e. The van der Waals surface area contributed by atoms with Crippen molar-refractivity contribution in [3.8, 4) is 0 Å². The maximum atomic E-state index is 10.2. The van der Waals surface area contributed by atoms with Crippen molar-refractivity contribution in [3.05, 3.63) is 6.20 Å². The van der Waals surface area contributed by atoms with Gasteiger partial charge in [-0.2, -0.15) is 0 Å². The minimum atomic E-state index is -0.791. The Bertz CT molecular complexity index is 344. The Labute approximate surface area is 92.3 Å². The van der Waals surface area contributed by atoms with Crippen molar-refractivity contribution in [3.63, 3.8) is 0 Å². The summed E-state index contributed by atoms with van der Waals surface area (Å²) in [7, 11) is 0. The van der Waals surface area contributed by atoms with Gasteiger partial charge in [0.05, 0.1) is 12.3 Å². The molecule has 1 aliphatic rings. The van der Waals surface area contributed by atoms with Crippen molar-refractivity contribution in [2.45, 2.75) is 25.0 Å². The monoisotopic (exact) mass is 229 g/mol. The molecule has 0 aliphatic carbocycles. The first kappa shape index (κ1) is 10.7. The second-order valence-electron chi connectivity index (χ2n) is 3.79. The molecule has 0 bridgehead atoms. The normalized spacial score (nSPS) is 30.7. The van der Waals surface area contributed by atoms with Gasteiger partial charge in [-0.15, -0.1) is 0 Å². The van der Waals surface area contributed by atoms with Crippen LogP contribution in [0.1, 0.15) is 13.3 Å². The molecular formula is C9H15N3O2S. The molecule has 2 atom stereocenters. The number of nitrogens with zero attached hydrogens (tertiary/aromatic N) is 1. The number of aliphatic hydroxyl groups is 1. The zero-order valence-corrected chi connectivity index (χ0v) is 9.38. The van der Waals surface area contributed by atoms with Gasteiger partial charge >= 0.3 is 0 Å². The van der Waals surface area contributed by atoms with Crippen LogP contribution in [-0.4, -0.2) is 34.9 Å². The van der Waals surface area contributed by atoms with Crippen molar-refractivity contribution in [1.82, 2.24) is 4.98 Å². The lowest BCUT2D eigenvalue weighted by atomic mass is 9.97. The standard InChI is InChI=1S/C9H15N3O2S/c1-6-9(13,2-3-14-6)5-12-8-11-4-7(10)15-8/h4,6,13H,2-3,5,10H2,1H3,(H,11,12). The predicted octanol–water partition coefficient (Wildman–Crippen LogP) is 0.677. The topological polar surface area (TPSA) is 80.4 Å². The van der Waals surface area contributed by atoms with Crippen molar-refractivity contribution in [2.24, 2.45) is 0 Å². The van der Waals surface area contributed by atoms with Crippen LogP contribution in [0.2, 0.25) is 0 Å². The number of aromatic nitrogens is 1. The number of hydrogen-bond donors (Lipinski definition) is 3. The number of rotatable bonds is 3. The summed E-state index contributed by atoms with van der Waals surface area (Å²) in [5.41, 5.74) is 4.76. The van der Waals surface area contributed by atoms with E-state index in [1.54, 1.807) is 6.20 Å². The molecule has 0 amide bonds. The lowest BCUT2D eigenvalue weighted by Crippen LogP contribution is -2.42. The lowest BCUT2D eigenvalue weighted by molar-refractivity contribution is -0.0175. The Morgan fingerprint density at radius 2 is 2.67 bits per heavy atom. The first-order valence-electron chi connectivity index (χ1n) is 4.89. The van der Waals surface area contributed by atoms with Crippen LogP contribution in [0.15, 0.2) is 6.20 Å². The average Bonchev–Trinajstić information content (AvgIpc) is 2.73. The second kappa shape index (κ2) is 3.96. The molecule has 0 saturated carbocycles. The zero-order chi connectivity index (χ0) is 10.9. The SMILES string of the molecule is CC1OCCC1(O)CNc1ncc(N)s1. The quantitative estimate of drug-likeness (QED) is 0.710. The molecule has 0 aromatic carbocycles. The number of nitrogens with two attached hydrogens (primary N) is 1. The van der Waals surface area contributed by atoms with E-state index in [0.717, 1.165) is 5.13 Å². The number of nitrogens with one attached hydrogen (secondary N) is 1. The van der Waals surface area contributed by atoms with Crippen molar-refractivity contribution < 1.29 is 9.84 Å². The Morgan fingerprint density at radius 1 is 1.87 bits per heavy atom. The molecule has 15 heavy (non-hydrogen) atoms. The van der Waals surface area contributed by atoms with Gasteiger partial charge in [-0.3, -0.25) is 0 Å². The van der Waals surface area contributed by atoms with E-state index in [9.17, 15) is 5.11 Å². The van der Waals surface area contributed by atoms with E-state index in [0.29, 0.717) is 24.6 Å². The number of nitrogen functional groups attached to an aromatic ring is 1. The summed E-state index contributed by atoms with van der Waals surface area (Å²) >= 11 is 1.37. The fourth-order valence-corrected chi connectivity index (χ4v) is 2.18. The van der Waals surface area contributed by atoms with Crippen LogP contribution in [-0.2, 0) is 4.74 Å². The van der Waals surface area contributed by atoms with E-state index in [1.807, 2.05) is 6.92 Å². The van der Waals surface area contributed by atoms with Crippen LogP contribution in [0.5, 0.6) is 0 Å². The fourth-order valence-electron chi connectivity index (χ4n) is 1.60. The molecule has 6 heteroatoms. The molecule has 1 fully saturated rings. The molecule has 84 valence electrons. The highest BCUT2D eigenvalue weighted by Crippen LogP contribution is 2.27. The fraction of sp³-hybridized carbons (Fsp3) is 0.667. The van der Waals surface area contributed by atoms with Gasteiger partial charge in [0.2, 0.25) is 0 Å². The molecular weight excluding hydrogens is 214 g/mol. The van der Waals surface area contributed by atoms with E-state index in [-0.39, 0.29) is 6.10 Å². The molecule has 1 aromatic heterocycles. The van der Waals surface area contributed by atoms with Crippen LogP contribution >= 0.6 is 11.3 Å². The molecule has 1 aliphatic heterocycles. The van der Waals surface area contributed by atoms with Crippen LogP contribution in [0.25, 0.3) is 0 Å². The second-order valence-corrected chi connectivity index (χ2v) is 4.85. The summed E-state index contributed by atoms with van der Waals surface area (Å²) in [5.74, 6) is 0. The van der Waals surface area contributed by atoms with E-state index in [2.05, 4.69) is 10.3 Å². The highest BCUT2D eigenvalue weighted by Gasteiger charge is 2.39. The number of thiazole rings is 1. The van der Waals surface area contributed by atoms with Crippen LogP contribution < -0.4 is 11.1 Å². The van der Waals surface area contributed by atoms with Gasteiger partial charge in [0.1, 0.15) is 10.6 Å². The van der Waals surface area contributed by atoms with Crippen LogP contribution in [0.3, 0.4) is 0 Å². The van der Waals surface area contributed by atoms with Gasteiger partial charge in [0.25, 0.3) is 0 Å². The molecule has 1 aromatic rings. The van der Waals surface area contributed by atoms with Gasteiger partial charge in [0.15, 0.2) is 5.13 Å². The Morgan fingerprint density at radius 3 is 3.20 bits per heavy atom. The third-order valence-electron chi connectivity index (χ3n) is 2.73. The third kappa shape index (κ3) is 2.22. The molecule has 2 unspecified atom stereocenters. The minimum Gasteiger partial charge on any atom is -0.389 e. The van der Waals surface area contributed by atoms with E-state index in [4.69, 9.17) is 10.5 Å². The summed E-state index contributed by atoms with van der Waals surface area (Å²) in [6.45, 7) is 2.94. The first-order valence-corrected chi connectivity index (χ1v) is 5.71. The Balaban J connectivity index is 1.92. The van der Waals surface area contributed by atoms with Gasteiger partial charge in [-0.25, -0.2) is 4.98 Å². The van der Waals surface area contributed by atoms with Crippen molar-refractivity contribution in [2.75, 3.05) is 24.2 Å². The van der Waals surface area contributed by atoms with Crippen molar-refractivity contribution in [1.29, 1.82) is 0 Å². The lowest BCUT2D eigenvalue weighted by Gasteiger charge is -2.25. The Kier molecular flexibility index (Phi) is 2.81. The predicted molar refractivity (Wildman–Crippen MR) is 60.0 cm³/mol. The number of hydrogen-bond acceptors (Lipinski definition) is 6.